The maximum Gasteiger partial charge on any atom is 0.310 e. The minimum absolute atomic E-state index is 0.00748. The van der Waals surface area contributed by atoms with Gasteiger partial charge in [-0.25, -0.2) is 0 Å². The molecule has 1 aliphatic heterocycles. The molecule has 1 saturated heterocycles. The molecule has 6 heteroatoms. The Hall–Kier alpha value is -1.59. The molecule has 0 aromatic carbocycles. The highest BCUT2D eigenvalue weighted by Crippen LogP contribution is 2.19. The van der Waals surface area contributed by atoms with Crippen LogP contribution in [0.25, 0.3) is 0 Å². The molecule has 1 aliphatic rings. The average molecular weight is 284 g/mol. The number of rotatable bonds is 4. The number of hydrogen-bond donors (Lipinski definition) is 0. The summed E-state index contributed by atoms with van der Waals surface area (Å²) in [6, 6.07) is 0. The molecule has 2 unspecified atom stereocenters. The summed E-state index contributed by atoms with van der Waals surface area (Å²) in [6.45, 7) is 4.79. The molecule has 2 amide bonds. The fourth-order valence-corrected chi connectivity index (χ4v) is 2.55. The number of ether oxygens (including phenoxy) is 1. The maximum atomic E-state index is 12.3. The van der Waals surface area contributed by atoms with Gasteiger partial charge in [-0.3, -0.25) is 14.4 Å². The second kappa shape index (κ2) is 7.26. The molecular formula is C14H24N2O4. The molecule has 114 valence electrons. The normalized spacial score (nSPS) is 20.2. The van der Waals surface area contributed by atoms with Crippen LogP contribution in [0.3, 0.4) is 0 Å². The van der Waals surface area contributed by atoms with E-state index in [0.717, 1.165) is 19.4 Å². The van der Waals surface area contributed by atoms with Crippen molar-refractivity contribution in [3.63, 3.8) is 0 Å². The Kier molecular flexibility index (Phi) is 5.98. The van der Waals surface area contributed by atoms with Crippen molar-refractivity contribution in [2.45, 2.75) is 26.7 Å². The quantitative estimate of drug-likeness (QED) is 0.706. The van der Waals surface area contributed by atoms with Gasteiger partial charge in [0.15, 0.2) is 0 Å². The van der Waals surface area contributed by atoms with Gasteiger partial charge in [-0.15, -0.1) is 0 Å². The smallest absolute Gasteiger partial charge is 0.310 e. The van der Waals surface area contributed by atoms with Gasteiger partial charge in [0.25, 0.3) is 0 Å². The number of piperidine rings is 1. The van der Waals surface area contributed by atoms with Crippen molar-refractivity contribution in [3.05, 3.63) is 0 Å². The van der Waals surface area contributed by atoms with Gasteiger partial charge in [0.05, 0.1) is 18.9 Å². The van der Waals surface area contributed by atoms with E-state index in [9.17, 15) is 14.4 Å². The summed E-state index contributed by atoms with van der Waals surface area (Å²) in [5.41, 5.74) is 0. The second-order valence-corrected chi connectivity index (χ2v) is 5.45. The van der Waals surface area contributed by atoms with Crippen LogP contribution in [0.2, 0.25) is 0 Å². The third-order valence-electron chi connectivity index (χ3n) is 3.74. The van der Waals surface area contributed by atoms with Crippen LogP contribution >= 0.6 is 0 Å². The molecule has 1 heterocycles. The van der Waals surface area contributed by atoms with E-state index in [1.165, 1.54) is 14.0 Å². The van der Waals surface area contributed by atoms with Gasteiger partial charge in [0, 0.05) is 33.6 Å². The average Bonchev–Trinajstić information content (AvgIpc) is 2.45. The Labute approximate surface area is 120 Å². The lowest BCUT2D eigenvalue weighted by Crippen LogP contribution is -2.46. The number of methoxy groups -OCH3 is 1. The Morgan fingerprint density at radius 2 is 2.05 bits per heavy atom. The molecule has 6 nitrogen and oxygen atoms in total. The molecule has 2 atom stereocenters. The molecule has 20 heavy (non-hydrogen) atoms. The zero-order valence-electron chi connectivity index (χ0n) is 12.7. The van der Waals surface area contributed by atoms with Gasteiger partial charge in [0.1, 0.15) is 0 Å². The number of carbonyl (C=O) groups is 3. The Morgan fingerprint density at radius 1 is 1.40 bits per heavy atom. The van der Waals surface area contributed by atoms with E-state index in [0.29, 0.717) is 13.1 Å². The molecule has 0 saturated carbocycles. The minimum Gasteiger partial charge on any atom is -0.469 e. The van der Waals surface area contributed by atoms with Crippen molar-refractivity contribution in [2.24, 2.45) is 11.8 Å². The molecule has 0 aliphatic carbocycles. The summed E-state index contributed by atoms with van der Waals surface area (Å²) in [5.74, 6) is -0.831. The predicted octanol–water partition coefficient (Wildman–Crippen LogP) is 0.512. The van der Waals surface area contributed by atoms with E-state index in [1.807, 2.05) is 0 Å². The lowest BCUT2D eigenvalue weighted by molar-refractivity contribution is -0.147. The van der Waals surface area contributed by atoms with Crippen LogP contribution in [0.1, 0.15) is 26.7 Å². The zero-order chi connectivity index (χ0) is 15.3. The number of amides is 2. The lowest BCUT2D eigenvalue weighted by atomic mass is 9.96. The van der Waals surface area contributed by atoms with Crippen molar-refractivity contribution in [3.8, 4) is 0 Å². The fraction of sp³-hybridized carbons (Fsp3) is 0.786. The minimum atomic E-state index is -0.346. The van der Waals surface area contributed by atoms with E-state index in [4.69, 9.17) is 0 Å². The third kappa shape index (κ3) is 4.21. The first-order chi connectivity index (χ1) is 9.36. The molecule has 1 rings (SSSR count). The molecule has 1 fully saturated rings. The second-order valence-electron chi connectivity index (χ2n) is 5.45. The van der Waals surface area contributed by atoms with Crippen LogP contribution in [0, 0.1) is 11.8 Å². The SMILES string of the molecule is COC(=O)C(C)CN(C)C(=O)C1CCCN(C(C)=O)C1. The van der Waals surface area contributed by atoms with Crippen molar-refractivity contribution in [1.29, 1.82) is 0 Å². The van der Waals surface area contributed by atoms with Gasteiger partial charge in [-0.1, -0.05) is 6.92 Å². The highest BCUT2D eigenvalue weighted by molar-refractivity contribution is 5.81. The van der Waals surface area contributed by atoms with Gasteiger partial charge in [0.2, 0.25) is 11.8 Å². The van der Waals surface area contributed by atoms with Gasteiger partial charge in [-0.2, -0.15) is 0 Å². The summed E-state index contributed by atoms with van der Waals surface area (Å²) in [4.78, 5) is 38.4. The monoisotopic (exact) mass is 284 g/mol. The number of esters is 1. The number of nitrogens with zero attached hydrogens (tertiary/aromatic N) is 2. The van der Waals surface area contributed by atoms with Crippen molar-refractivity contribution >= 4 is 17.8 Å². The zero-order valence-corrected chi connectivity index (χ0v) is 12.7. The molecule has 0 aromatic rings. The van der Waals surface area contributed by atoms with Gasteiger partial charge in [-0.05, 0) is 12.8 Å². The summed E-state index contributed by atoms with van der Waals surface area (Å²) < 4.78 is 4.66. The van der Waals surface area contributed by atoms with Crippen LogP contribution < -0.4 is 0 Å². The fourth-order valence-electron chi connectivity index (χ4n) is 2.55. The number of hydrogen-bond acceptors (Lipinski definition) is 4. The van der Waals surface area contributed by atoms with Crippen LogP contribution in [0.15, 0.2) is 0 Å². The van der Waals surface area contributed by atoms with E-state index in [-0.39, 0.29) is 29.6 Å². The Morgan fingerprint density at radius 3 is 2.60 bits per heavy atom. The van der Waals surface area contributed by atoms with Gasteiger partial charge >= 0.3 is 5.97 Å². The van der Waals surface area contributed by atoms with Crippen LogP contribution in [-0.2, 0) is 19.1 Å². The van der Waals surface area contributed by atoms with E-state index >= 15 is 0 Å². The molecular weight excluding hydrogens is 260 g/mol. The first kappa shape index (κ1) is 16.5. The molecule has 0 bridgehead atoms. The summed E-state index contributed by atoms with van der Waals surface area (Å²) >= 11 is 0. The number of carbonyl (C=O) groups excluding carboxylic acids is 3. The molecule has 0 radical (unpaired) electrons. The van der Waals surface area contributed by atoms with Crippen molar-refractivity contribution in [1.82, 2.24) is 9.80 Å². The van der Waals surface area contributed by atoms with E-state index < -0.39 is 0 Å². The summed E-state index contributed by atoms with van der Waals surface area (Å²) in [5, 5.41) is 0. The standard InChI is InChI=1S/C14H24N2O4/c1-10(14(19)20-4)8-15(3)13(18)12-6-5-7-16(9-12)11(2)17/h10,12H,5-9H2,1-4H3. The Bertz CT molecular complexity index is 383. The van der Waals surface area contributed by atoms with E-state index in [1.54, 1.807) is 23.8 Å². The molecule has 0 spiro atoms. The summed E-state index contributed by atoms with van der Waals surface area (Å²) in [6.07, 6.45) is 1.63. The maximum absolute atomic E-state index is 12.3. The van der Waals surface area contributed by atoms with Crippen molar-refractivity contribution < 1.29 is 19.1 Å². The molecule has 0 N–H and O–H groups in total. The largest absolute Gasteiger partial charge is 0.469 e. The number of likely N-dealkylation sites (tertiary alicyclic amines) is 1. The highest BCUT2D eigenvalue weighted by atomic mass is 16.5. The first-order valence-corrected chi connectivity index (χ1v) is 6.95. The van der Waals surface area contributed by atoms with Crippen LogP contribution in [0.4, 0.5) is 0 Å². The highest BCUT2D eigenvalue weighted by Gasteiger charge is 2.30. The summed E-state index contributed by atoms with van der Waals surface area (Å²) in [7, 11) is 3.03. The van der Waals surface area contributed by atoms with E-state index in [2.05, 4.69) is 4.74 Å². The third-order valence-corrected chi connectivity index (χ3v) is 3.74. The predicted molar refractivity (Wildman–Crippen MR) is 73.8 cm³/mol. The molecule has 0 aromatic heterocycles. The Balaban J connectivity index is 2.55. The van der Waals surface area contributed by atoms with Crippen LogP contribution in [0.5, 0.6) is 0 Å². The first-order valence-electron chi connectivity index (χ1n) is 6.95. The van der Waals surface area contributed by atoms with Crippen molar-refractivity contribution in [2.75, 3.05) is 33.8 Å². The topological polar surface area (TPSA) is 66.9 Å². The van der Waals surface area contributed by atoms with Gasteiger partial charge < -0.3 is 14.5 Å². The van der Waals surface area contributed by atoms with Crippen LogP contribution in [-0.4, -0.2) is 61.4 Å². The lowest BCUT2D eigenvalue weighted by Gasteiger charge is -2.33.